The van der Waals surface area contributed by atoms with Gasteiger partial charge in [-0.05, 0) is 86.8 Å². The zero-order valence-corrected chi connectivity index (χ0v) is 36.7. The van der Waals surface area contributed by atoms with Crippen molar-refractivity contribution in [2.24, 2.45) is 5.92 Å². The summed E-state index contributed by atoms with van der Waals surface area (Å²) in [5.41, 5.74) is 4.69. The van der Waals surface area contributed by atoms with Crippen molar-refractivity contribution in [1.29, 1.82) is 0 Å². The molecular weight excluding hydrogens is 841 g/mol. The number of benzene rings is 2. The van der Waals surface area contributed by atoms with Gasteiger partial charge in [-0.25, -0.2) is 8.78 Å². The van der Waals surface area contributed by atoms with Gasteiger partial charge >= 0.3 is 0 Å². The summed E-state index contributed by atoms with van der Waals surface area (Å²) in [5, 5.41) is 7.41. The molecule has 1 N–H and O–H groups in total. The number of imide groups is 2. The smallest absolute Gasteiger partial charge is 0.264 e. The fourth-order valence-electron chi connectivity index (χ4n) is 11.1. The number of nitrogens with zero attached hydrogens (tertiary/aromatic N) is 8. The Bertz CT molecular complexity index is 2440. The molecule has 3 aromatic rings. The van der Waals surface area contributed by atoms with E-state index >= 15 is 8.78 Å². The van der Waals surface area contributed by atoms with Crippen molar-refractivity contribution in [2.45, 2.75) is 89.8 Å². The van der Waals surface area contributed by atoms with Crippen molar-refractivity contribution >= 4 is 52.6 Å². The van der Waals surface area contributed by atoms with Crippen LogP contribution in [-0.2, 0) is 38.5 Å². The van der Waals surface area contributed by atoms with Gasteiger partial charge in [0.05, 0.1) is 23.7 Å². The monoisotopic (exact) mass is 895 g/mol. The van der Waals surface area contributed by atoms with Gasteiger partial charge in [0.2, 0.25) is 17.7 Å². The van der Waals surface area contributed by atoms with Crippen LogP contribution >= 0.6 is 0 Å². The second kappa shape index (κ2) is 17.6. The first-order valence-electron chi connectivity index (χ1n) is 23.2. The lowest BCUT2D eigenvalue weighted by atomic mass is 9.94. The standard InChI is InChI=1S/C47H55F2N9O7/c1-28(59)55-16-10-38-37(27-55)43(51-58(38)31-11-21-65-22-12-31)56-13-2-3-30-23-35(34(42(48)49)25-40(30)56)45(62)54-19-17-52(18-20-54)26-29-8-14-53(15-9-29)32-4-5-33-36(24-32)47(64)57(46(33)63)39-6-7-41(60)50-44(39)61/h4-5,23-25,29,31,39,42H,2-3,6-22,26-27H2,1H3,(H,50,60,61). The molecule has 0 radical (unpaired) electrons. The molecule has 0 aliphatic carbocycles. The predicted octanol–water partition coefficient (Wildman–Crippen LogP) is 4.24. The molecule has 4 fully saturated rings. The van der Waals surface area contributed by atoms with Crippen LogP contribution in [0, 0.1) is 5.92 Å². The molecule has 7 aliphatic rings. The number of hydrogen-bond donors (Lipinski definition) is 1. The van der Waals surface area contributed by atoms with Gasteiger partial charge in [-0.15, -0.1) is 0 Å². The van der Waals surface area contributed by atoms with E-state index in [9.17, 15) is 28.8 Å². The molecule has 4 saturated heterocycles. The van der Waals surface area contributed by atoms with Crippen molar-refractivity contribution in [2.75, 3.05) is 81.9 Å². The van der Waals surface area contributed by atoms with E-state index < -0.39 is 36.1 Å². The SMILES string of the molecule is CC(=O)N1CCc2c(c(N3CCCc4cc(C(=O)N5CCN(CC6CCN(c7ccc8c(c7)C(=O)N(C7CCC(=O)NC7=O)C8=O)CC6)CC5)c(C(F)F)cc43)nn2C2CCOCC2)C1. The summed E-state index contributed by atoms with van der Waals surface area (Å²) < 4.78 is 37.8. The molecule has 8 heterocycles. The second-order valence-corrected chi connectivity index (χ2v) is 18.6. The number of amides is 6. The van der Waals surface area contributed by atoms with E-state index in [-0.39, 0.29) is 53.0 Å². The van der Waals surface area contributed by atoms with Crippen LogP contribution in [0.2, 0.25) is 0 Å². The van der Waals surface area contributed by atoms with E-state index in [0.29, 0.717) is 89.3 Å². The molecule has 18 heteroatoms. The minimum absolute atomic E-state index is 0.0123. The van der Waals surface area contributed by atoms with Crippen molar-refractivity contribution in [1.82, 2.24) is 34.7 Å². The van der Waals surface area contributed by atoms with Crippen LogP contribution in [0.15, 0.2) is 30.3 Å². The Morgan fingerprint density at radius 3 is 2.31 bits per heavy atom. The maximum absolute atomic E-state index is 15.0. The molecule has 1 unspecified atom stereocenters. The zero-order valence-electron chi connectivity index (χ0n) is 36.7. The minimum Gasteiger partial charge on any atom is -0.381 e. The van der Waals surface area contributed by atoms with Gasteiger partial charge in [0.25, 0.3) is 24.1 Å². The number of alkyl halides is 2. The number of nitrogens with one attached hydrogen (secondary N) is 1. The molecule has 6 amide bonds. The van der Waals surface area contributed by atoms with Crippen LogP contribution in [-0.4, -0.2) is 143 Å². The summed E-state index contributed by atoms with van der Waals surface area (Å²) in [5.74, 6) is -1.37. The molecule has 16 nitrogen and oxygen atoms in total. The van der Waals surface area contributed by atoms with Gasteiger partial charge in [-0.3, -0.25) is 48.6 Å². The summed E-state index contributed by atoms with van der Waals surface area (Å²) in [6.45, 7) is 8.98. The number of aryl methyl sites for hydroxylation is 1. The third-order valence-corrected chi connectivity index (χ3v) is 14.7. The summed E-state index contributed by atoms with van der Waals surface area (Å²) in [6.07, 6.45) is 2.88. The molecular formula is C47H55F2N9O7. The lowest BCUT2D eigenvalue weighted by molar-refractivity contribution is -0.136. The van der Waals surface area contributed by atoms with Crippen LogP contribution in [0.1, 0.15) is 118 Å². The number of hydrogen-bond acceptors (Lipinski definition) is 11. The van der Waals surface area contributed by atoms with Crippen LogP contribution < -0.4 is 15.1 Å². The highest BCUT2D eigenvalue weighted by atomic mass is 19.3. The number of piperazine rings is 1. The molecule has 2 aromatic carbocycles. The predicted molar refractivity (Wildman–Crippen MR) is 233 cm³/mol. The number of halogens is 2. The first-order valence-corrected chi connectivity index (χ1v) is 23.2. The molecule has 1 aromatic heterocycles. The molecule has 7 aliphatic heterocycles. The van der Waals surface area contributed by atoms with Gasteiger partial charge in [0, 0.05) is 126 Å². The van der Waals surface area contributed by atoms with Crippen molar-refractivity contribution in [3.63, 3.8) is 0 Å². The average Bonchev–Trinajstić information content (AvgIpc) is 3.82. The molecule has 344 valence electrons. The third-order valence-electron chi connectivity index (χ3n) is 14.7. The number of ether oxygens (including phenoxy) is 1. The number of piperidine rings is 2. The maximum Gasteiger partial charge on any atom is 0.264 e. The number of carbonyl (C=O) groups excluding carboxylic acids is 6. The molecule has 65 heavy (non-hydrogen) atoms. The topological polar surface area (TPSA) is 161 Å². The summed E-state index contributed by atoms with van der Waals surface area (Å²) in [6, 6.07) is 7.58. The van der Waals surface area contributed by atoms with Gasteiger partial charge < -0.3 is 24.3 Å². The molecule has 0 spiro atoms. The minimum atomic E-state index is -2.86. The van der Waals surface area contributed by atoms with E-state index in [4.69, 9.17) is 9.84 Å². The Balaban J connectivity index is 0.776. The number of fused-ring (bicyclic) bond motifs is 3. The zero-order chi connectivity index (χ0) is 45.1. The van der Waals surface area contributed by atoms with Gasteiger partial charge in [0.1, 0.15) is 6.04 Å². The molecule has 0 bridgehead atoms. The van der Waals surface area contributed by atoms with E-state index in [1.807, 2.05) is 15.9 Å². The highest BCUT2D eigenvalue weighted by molar-refractivity contribution is 6.23. The highest BCUT2D eigenvalue weighted by Crippen LogP contribution is 2.42. The Hall–Kier alpha value is -5.75. The lowest BCUT2D eigenvalue weighted by Gasteiger charge is -2.39. The fourth-order valence-corrected chi connectivity index (χ4v) is 11.1. The molecule has 10 rings (SSSR count). The van der Waals surface area contributed by atoms with E-state index in [1.165, 1.54) is 6.07 Å². The Labute approximate surface area is 375 Å². The summed E-state index contributed by atoms with van der Waals surface area (Å²) in [4.78, 5) is 88.5. The van der Waals surface area contributed by atoms with E-state index in [0.717, 1.165) is 79.1 Å². The normalized spacial score (nSPS) is 22.4. The first-order chi connectivity index (χ1) is 31.4. The van der Waals surface area contributed by atoms with Crippen LogP contribution in [0.4, 0.5) is 26.0 Å². The largest absolute Gasteiger partial charge is 0.381 e. The van der Waals surface area contributed by atoms with Gasteiger partial charge in [-0.2, -0.15) is 5.10 Å². The van der Waals surface area contributed by atoms with Crippen LogP contribution in [0.5, 0.6) is 0 Å². The average molecular weight is 896 g/mol. The quantitative estimate of drug-likeness (QED) is 0.323. The van der Waals surface area contributed by atoms with E-state index in [2.05, 4.69) is 19.8 Å². The summed E-state index contributed by atoms with van der Waals surface area (Å²) >= 11 is 0. The second-order valence-electron chi connectivity index (χ2n) is 18.6. The van der Waals surface area contributed by atoms with Crippen LogP contribution in [0.25, 0.3) is 0 Å². The highest BCUT2D eigenvalue weighted by Gasteiger charge is 2.45. The first kappa shape index (κ1) is 43.2. The van der Waals surface area contributed by atoms with Crippen molar-refractivity contribution in [3.8, 4) is 0 Å². The van der Waals surface area contributed by atoms with Crippen LogP contribution in [0.3, 0.4) is 0 Å². The number of anilines is 3. The fraction of sp³-hybridized carbons (Fsp3) is 0.553. The Morgan fingerprint density at radius 2 is 1.58 bits per heavy atom. The Morgan fingerprint density at radius 1 is 0.831 bits per heavy atom. The lowest BCUT2D eigenvalue weighted by Crippen LogP contribution is -2.54. The molecule has 0 saturated carbocycles. The number of carbonyl (C=O) groups is 6. The number of rotatable bonds is 8. The number of aromatic nitrogens is 2. The maximum atomic E-state index is 15.0. The third kappa shape index (κ3) is 8.06. The van der Waals surface area contributed by atoms with Crippen molar-refractivity contribution in [3.05, 3.63) is 69.4 Å². The Kier molecular flexibility index (Phi) is 11.7. The van der Waals surface area contributed by atoms with Gasteiger partial charge in [0.15, 0.2) is 5.82 Å². The van der Waals surface area contributed by atoms with Gasteiger partial charge in [-0.1, -0.05) is 0 Å². The van der Waals surface area contributed by atoms with E-state index in [1.54, 1.807) is 30.0 Å². The summed E-state index contributed by atoms with van der Waals surface area (Å²) in [7, 11) is 0. The van der Waals surface area contributed by atoms with Crippen molar-refractivity contribution < 1.29 is 42.3 Å². The molecule has 1 atom stereocenters.